The Balaban J connectivity index is 1.79. The van der Waals surface area contributed by atoms with E-state index in [1.807, 2.05) is 36.4 Å². The molecule has 0 saturated heterocycles. The second kappa shape index (κ2) is 8.56. The highest BCUT2D eigenvalue weighted by Gasteiger charge is 2.12. The van der Waals surface area contributed by atoms with Gasteiger partial charge in [-0.05, 0) is 30.3 Å². The summed E-state index contributed by atoms with van der Waals surface area (Å²) < 4.78 is 12.1. The van der Waals surface area contributed by atoms with Crippen LogP contribution in [0.4, 0.5) is 5.69 Å². The average molecular weight is 374 g/mol. The van der Waals surface area contributed by atoms with Crippen molar-refractivity contribution in [2.75, 3.05) is 19.5 Å². The molecule has 7 heteroatoms. The Morgan fingerprint density at radius 3 is 2.57 bits per heavy atom. The Bertz CT molecular complexity index is 1050. The van der Waals surface area contributed by atoms with Crippen LogP contribution in [-0.4, -0.2) is 29.9 Å². The Kier molecular flexibility index (Phi) is 5.72. The van der Waals surface area contributed by atoms with Gasteiger partial charge < -0.3 is 14.8 Å². The summed E-state index contributed by atoms with van der Waals surface area (Å²) in [5, 5.41) is 16.3. The van der Waals surface area contributed by atoms with Gasteiger partial charge in [-0.25, -0.2) is 4.68 Å². The van der Waals surface area contributed by atoms with Gasteiger partial charge in [-0.3, -0.25) is 4.79 Å². The highest BCUT2D eigenvalue weighted by atomic mass is 16.5. The van der Waals surface area contributed by atoms with E-state index in [2.05, 4.69) is 10.4 Å². The predicted molar refractivity (Wildman–Crippen MR) is 105 cm³/mol. The van der Waals surface area contributed by atoms with Crippen molar-refractivity contribution in [1.29, 1.82) is 5.26 Å². The number of aromatic nitrogens is 2. The smallest absolute Gasteiger partial charge is 0.266 e. The molecule has 1 aromatic heterocycles. The van der Waals surface area contributed by atoms with E-state index in [0.29, 0.717) is 22.7 Å². The van der Waals surface area contributed by atoms with Crippen LogP contribution in [-0.2, 0) is 4.79 Å². The third-order valence-corrected chi connectivity index (χ3v) is 3.94. The first-order valence-corrected chi connectivity index (χ1v) is 8.40. The molecule has 0 saturated carbocycles. The molecule has 0 radical (unpaired) electrons. The second-order valence-corrected chi connectivity index (χ2v) is 5.75. The standard InChI is InChI=1S/C21H18N4O3/c1-27-19-9-8-17(11-20(19)28-2)24-21(26)16(12-22)10-15-13-23-25(14-15)18-6-4-3-5-7-18/h3-11,13-14H,1-2H3,(H,24,26)/b16-10+. The number of carbonyl (C=O) groups excluding carboxylic acids is 1. The molecule has 1 amide bonds. The topological polar surface area (TPSA) is 89.2 Å². The van der Waals surface area contributed by atoms with Gasteiger partial charge in [-0.15, -0.1) is 0 Å². The molecule has 7 nitrogen and oxygen atoms in total. The van der Waals surface area contributed by atoms with Crippen molar-refractivity contribution in [3.8, 4) is 23.3 Å². The highest BCUT2D eigenvalue weighted by Crippen LogP contribution is 2.29. The Morgan fingerprint density at radius 1 is 1.14 bits per heavy atom. The van der Waals surface area contributed by atoms with Crippen LogP contribution in [0, 0.1) is 11.3 Å². The fourth-order valence-corrected chi connectivity index (χ4v) is 2.56. The summed E-state index contributed by atoms with van der Waals surface area (Å²) in [6.45, 7) is 0. The number of amides is 1. The van der Waals surface area contributed by atoms with Crippen LogP contribution >= 0.6 is 0 Å². The number of ether oxygens (including phenoxy) is 2. The summed E-state index contributed by atoms with van der Waals surface area (Å²) in [5.41, 5.74) is 1.98. The van der Waals surface area contributed by atoms with Crippen molar-refractivity contribution in [3.63, 3.8) is 0 Å². The molecule has 3 rings (SSSR count). The molecule has 0 aliphatic rings. The molecule has 0 bridgehead atoms. The van der Waals surface area contributed by atoms with Crippen molar-refractivity contribution >= 4 is 17.7 Å². The van der Waals surface area contributed by atoms with Gasteiger partial charge in [0.05, 0.1) is 26.1 Å². The molecule has 0 fully saturated rings. The third-order valence-electron chi connectivity index (χ3n) is 3.94. The first kappa shape index (κ1) is 18.7. The number of methoxy groups -OCH3 is 2. The lowest BCUT2D eigenvalue weighted by atomic mass is 10.2. The van der Waals surface area contributed by atoms with Crippen LogP contribution in [0.2, 0.25) is 0 Å². The number of benzene rings is 2. The molecule has 0 aliphatic carbocycles. The summed E-state index contributed by atoms with van der Waals surface area (Å²) in [7, 11) is 3.04. The molecule has 2 aromatic carbocycles. The maximum atomic E-state index is 12.5. The number of hydrogen-bond donors (Lipinski definition) is 1. The van der Waals surface area contributed by atoms with E-state index in [9.17, 15) is 10.1 Å². The summed E-state index contributed by atoms with van der Waals surface area (Å²) >= 11 is 0. The molecule has 1 N–H and O–H groups in total. The molecule has 0 unspecified atom stereocenters. The Hall–Kier alpha value is -4.05. The lowest BCUT2D eigenvalue weighted by Crippen LogP contribution is -2.13. The van der Waals surface area contributed by atoms with Gasteiger partial charge in [-0.1, -0.05) is 18.2 Å². The first-order valence-electron chi connectivity index (χ1n) is 8.40. The number of anilines is 1. The minimum atomic E-state index is -0.526. The number of nitrogens with zero attached hydrogens (tertiary/aromatic N) is 3. The quantitative estimate of drug-likeness (QED) is 0.527. The van der Waals surface area contributed by atoms with Gasteiger partial charge in [0.2, 0.25) is 0 Å². The van der Waals surface area contributed by atoms with E-state index in [4.69, 9.17) is 9.47 Å². The van der Waals surface area contributed by atoms with Crippen LogP contribution < -0.4 is 14.8 Å². The lowest BCUT2D eigenvalue weighted by molar-refractivity contribution is -0.112. The SMILES string of the molecule is COc1ccc(NC(=O)/C(C#N)=C/c2cnn(-c3ccccc3)c2)cc1OC. The number of hydrogen-bond acceptors (Lipinski definition) is 5. The lowest BCUT2D eigenvalue weighted by Gasteiger charge is -2.10. The molecule has 0 spiro atoms. The molecular weight excluding hydrogens is 356 g/mol. The van der Waals surface area contributed by atoms with E-state index < -0.39 is 5.91 Å². The number of nitriles is 1. The number of rotatable bonds is 6. The summed E-state index contributed by atoms with van der Waals surface area (Å²) in [6.07, 6.45) is 4.83. The van der Waals surface area contributed by atoms with Gasteiger partial charge in [0, 0.05) is 23.5 Å². The van der Waals surface area contributed by atoms with Gasteiger partial charge in [0.1, 0.15) is 11.6 Å². The molecule has 0 aliphatic heterocycles. The van der Waals surface area contributed by atoms with E-state index >= 15 is 0 Å². The summed E-state index contributed by atoms with van der Waals surface area (Å²) in [4.78, 5) is 12.5. The fraction of sp³-hybridized carbons (Fsp3) is 0.0952. The number of carbonyl (C=O) groups is 1. The molecule has 3 aromatic rings. The fourth-order valence-electron chi connectivity index (χ4n) is 2.56. The van der Waals surface area contributed by atoms with Crippen LogP contribution in [0.5, 0.6) is 11.5 Å². The summed E-state index contributed by atoms with van der Waals surface area (Å²) in [5.74, 6) is 0.499. The van der Waals surface area contributed by atoms with Crippen molar-refractivity contribution in [1.82, 2.24) is 9.78 Å². The molecule has 0 atom stereocenters. The van der Waals surface area contributed by atoms with Crippen molar-refractivity contribution in [2.24, 2.45) is 0 Å². The minimum Gasteiger partial charge on any atom is -0.493 e. The zero-order chi connectivity index (χ0) is 19.9. The zero-order valence-corrected chi connectivity index (χ0v) is 15.4. The third kappa shape index (κ3) is 4.19. The first-order chi connectivity index (χ1) is 13.6. The monoisotopic (exact) mass is 374 g/mol. The molecule has 1 heterocycles. The maximum absolute atomic E-state index is 12.5. The second-order valence-electron chi connectivity index (χ2n) is 5.75. The van der Waals surface area contributed by atoms with E-state index in [1.54, 1.807) is 35.3 Å². The highest BCUT2D eigenvalue weighted by molar-refractivity contribution is 6.09. The number of para-hydroxylation sites is 1. The zero-order valence-electron chi connectivity index (χ0n) is 15.4. The predicted octanol–water partition coefficient (Wildman–Crippen LogP) is 3.44. The van der Waals surface area contributed by atoms with Crippen LogP contribution in [0.15, 0.2) is 66.5 Å². The Labute approximate surface area is 162 Å². The maximum Gasteiger partial charge on any atom is 0.266 e. The summed E-state index contributed by atoms with van der Waals surface area (Å²) in [6, 6.07) is 16.4. The van der Waals surface area contributed by atoms with E-state index in [-0.39, 0.29) is 5.57 Å². The van der Waals surface area contributed by atoms with Crippen LogP contribution in [0.1, 0.15) is 5.56 Å². The number of nitrogens with one attached hydrogen (secondary N) is 1. The van der Waals surface area contributed by atoms with Crippen molar-refractivity contribution in [3.05, 3.63) is 72.1 Å². The van der Waals surface area contributed by atoms with E-state index in [0.717, 1.165) is 5.69 Å². The van der Waals surface area contributed by atoms with Gasteiger partial charge >= 0.3 is 0 Å². The van der Waals surface area contributed by atoms with Crippen molar-refractivity contribution < 1.29 is 14.3 Å². The Morgan fingerprint density at radius 2 is 1.89 bits per heavy atom. The largest absolute Gasteiger partial charge is 0.493 e. The van der Waals surface area contributed by atoms with Gasteiger partial charge in [-0.2, -0.15) is 10.4 Å². The van der Waals surface area contributed by atoms with Crippen LogP contribution in [0.25, 0.3) is 11.8 Å². The molecule has 28 heavy (non-hydrogen) atoms. The molecular formula is C21H18N4O3. The van der Waals surface area contributed by atoms with Gasteiger partial charge in [0.15, 0.2) is 11.5 Å². The normalized spacial score (nSPS) is 10.8. The van der Waals surface area contributed by atoms with Crippen LogP contribution in [0.3, 0.4) is 0 Å². The molecule has 140 valence electrons. The minimum absolute atomic E-state index is 0.0394. The van der Waals surface area contributed by atoms with Crippen molar-refractivity contribution in [2.45, 2.75) is 0 Å². The van der Waals surface area contributed by atoms with Gasteiger partial charge in [0.25, 0.3) is 5.91 Å². The average Bonchev–Trinajstić information content (AvgIpc) is 3.21. The van der Waals surface area contributed by atoms with E-state index in [1.165, 1.54) is 20.3 Å².